The number of aromatic nitrogens is 3. The lowest BCUT2D eigenvalue weighted by atomic mass is 10.2. The second kappa shape index (κ2) is 4.61. The molecule has 0 aliphatic carbocycles. The highest BCUT2D eigenvalue weighted by Gasteiger charge is 2.00. The normalized spacial score (nSPS) is 10.8. The van der Waals surface area contributed by atoms with Gasteiger partial charge in [-0.1, -0.05) is 6.07 Å². The number of imidazole rings is 1. The number of hydrogen-bond donors (Lipinski definition) is 3. The molecular weight excluding hydrogens is 240 g/mol. The van der Waals surface area contributed by atoms with Crippen molar-refractivity contribution in [2.75, 3.05) is 5.32 Å². The first-order valence-corrected chi connectivity index (χ1v) is 6.08. The lowest BCUT2D eigenvalue weighted by molar-refractivity contribution is 1.04. The third-order valence-electron chi connectivity index (χ3n) is 2.96. The Morgan fingerprint density at radius 1 is 1.16 bits per heavy atom. The average Bonchev–Trinajstić information content (AvgIpc) is 2.77. The van der Waals surface area contributed by atoms with Gasteiger partial charge in [-0.15, -0.1) is 0 Å². The van der Waals surface area contributed by atoms with E-state index in [2.05, 4.69) is 20.3 Å². The number of H-pyrrole nitrogens is 2. The summed E-state index contributed by atoms with van der Waals surface area (Å²) in [5.74, 6) is 0. The fraction of sp³-hybridized carbons (Fsp3) is 0.143. The highest BCUT2D eigenvalue weighted by Crippen LogP contribution is 2.15. The number of hydrogen-bond acceptors (Lipinski definition) is 3. The maximum absolute atomic E-state index is 11.2. The summed E-state index contributed by atoms with van der Waals surface area (Å²) in [6.45, 7) is 2.67. The highest BCUT2D eigenvalue weighted by atomic mass is 16.1. The number of benzene rings is 1. The predicted octanol–water partition coefficient (Wildman–Crippen LogP) is 2.17. The molecule has 0 saturated carbocycles. The number of pyridine rings is 1. The molecule has 3 rings (SSSR count). The second-order valence-corrected chi connectivity index (χ2v) is 4.52. The van der Waals surface area contributed by atoms with E-state index in [0.717, 1.165) is 28.0 Å². The van der Waals surface area contributed by atoms with Gasteiger partial charge in [0.05, 0.1) is 23.3 Å². The van der Waals surface area contributed by atoms with Crippen LogP contribution in [-0.2, 0) is 6.54 Å². The van der Waals surface area contributed by atoms with Crippen molar-refractivity contribution in [3.63, 3.8) is 0 Å². The molecule has 0 saturated heterocycles. The molecule has 0 amide bonds. The quantitative estimate of drug-likeness (QED) is 0.670. The van der Waals surface area contributed by atoms with Gasteiger partial charge in [0.1, 0.15) is 0 Å². The van der Waals surface area contributed by atoms with E-state index in [9.17, 15) is 4.79 Å². The Hall–Kier alpha value is -2.56. The Bertz CT molecular complexity index is 755. The zero-order valence-corrected chi connectivity index (χ0v) is 10.5. The van der Waals surface area contributed by atoms with Crippen molar-refractivity contribution in [3.8, 4) is 0 Å². The lowest BCUT2D eigenvalue weighted by Gasteiger charge is -2.06. The Morgan fingerprint density at radius 3 is 2.79 bits per heavy atom. The highest BCUT2D eigenvalue weighted by molar-refractivity contribution is 5.78. The van der Waals surface area contributed by atoms with Gasteiger partial charge in [0, 0.05) is 11.9 Å². The van der Waals surface area contributed by atoms with Crippen LogP contribution in [0.2, 0.25) is 0 Å². The summed E-state index contributed by atoms with van der Waals surface area (Å²) in [6.07, 6.45) is 1.85. The molecule has 5 nitrogen and oxygen atoms in total. The van der Waals surface area contributed by atoms with Gasteiger partial charge in [-0.25, -0.2) is 4.79 Å². The largest absolute Gasteiger partial charge is 0.379 e. The fourth-order valence-corrected chi connectivity index (χ4v) is 1.94. The van der Waals surface area contributed by atoms with Gasteiger partial charge in [-0.3, -0.25) is 4.98 Å². The first-order chi connectivity index (χ1) is 9.20. The predicted molar refractivity (Wildman–Crippen MR) is 75.2 cm³/mol. The Morgan fingerprint density at radius 2 is 2.00 bits per heavy atom. The second-order valence-electron chi connectivity index (χ2n) is 4.52. The summed E-state index contributed by atoms with van der Waals surface area (Å²) in [6, 6.07) is 9.75. The standard InChI is InChI=1S/C14H14N4O/c1-9-2-3-11(15-7-9)8-16-10-4-5-12-13(6-10)18-14(19)17-12/h2-7,16H,8H2,1H3,(H2,17,18,19). The number of anilines is 1. The summed E-state index contributed by atoms with van der Waals surface area (Å²) in [4.78, 5) is 21.0. The number of nitrogens with one attached hydrogen (secondary N) is 3. The molecule has 19 heavy (non-hydrogen) atoms. The molecule has 1 aromatic carbocycles. The molecule has 0 spiro atoms. The van der Waals surface area contributed by atoms with Gasteiger partial charge in [0.2, 0.25) is 0 Å². The number of aryl methyl sites for hydroxylation is 1. The molecule has 0 radical (unpaired) electrons. The monoisotopic (exact) mass is 254 g/mol. The topological polar surface area (TPSA) is 73.6 Å². The van der Waals surface area contributed by atoms with Crippen molar-refractivity contribution in [1.82, 2.24) is 15.0 Å². The van der Waals surface area contributed by atoms with E-state index in [1.54, 1.807) is 0 Å². The van der Waals surface area contributed by atoms with Gasteiger partial charge in [0.25, 0.3) is 0 Å². The first kappa shape index (κ1) is 11.5. The molecule has 3 aromatic rings. The van der Waals surface area contributed by atoms with Crippen LogP contribution in [0.3, 0.4) is 0 Å². The number of rotatable bonds is 3. The van der Waals surface area contributed by atoms with Crippen LogP contribution >= 0.6 is 0 Å². The van der Waals surface area contributed by atoms with Crippen LogP contribution < -0.4 is 11.0 Å². The first-order valence-electron chi connectivity index (χ1n) is 6.08. The van der Waals surface area contributed by atoms with Crippen LogP contribution in [0, 0.1) is 6.92 Å². The molecule has 0 fully saturated rings. The van der Waals surface area contributed by atoms with Crippen LogP contribution in [0.5, 0.6) is 0 Å². The van der Waals surface area contributed by atoms with E-state index >= 15 is 0 Å². The Kier molecular flexibility index (Phi) is 2.79. The zero-order valence-electron chi connectivity index (χ0n) is 10.5. The third kappa shape index (κ3) is 2.49. The van der Waals surface area contributed by atoms with Crippen molar-refractivity contribution >= 4 is 16.7 Å². The molecule has 0 aliphatic heterocycles. The lowest BCUT2D eigenvalue weighted by Crippen LogP contribution is -2.01. The molecule has 0 bridgehead atoms. The van der Waals surface area contributed by atoms with Crippen molar-refractivity contribution in [2.45, 2.75) is 13.5 Å². The van der Waals surface area contributed by atoms with Crippen molar-refractivity contribution in [3.05, 3.63) is 58.3 Å². The van der Waals surface area contributed by atoms with Gasteiger partial charge in [-0.05, 0) is 36.8 Å². The summed E-state index contributed by atoms with van der Waals surface area (Å²) in [5, 5.41) is 3.28. The van der Waals surface area contributed by atoms with E-state index in [-0.39, 0.29) is 5.69 Å². The Labute approximate surface area is 109 Å². The maximum Gasteiger partial charge on any atom is 0.323 e. The minimum Gasteiger partial charge on any atom is -0.379 e. The minimum atomic E-state index is -0.188. The zero-order chi connectivity index (χ0) is 13.2. The van der Waals surface area contributed by atoms with Crippen LogP contribution in [0.25, 0.3) is 11.0 Å². The van der Waals surface area contributed by atoms with Crippen molar-refractivity contribution in [1.29, 1.82) is 0 Å². The molecular formula is C14H14N4O. The van der Waals surface area contributed by atoms with Crippen molar-refractivity contribution in [2.24, 2.45) is 0 Å². The third-order valence-corrected chi connectivity index (χ3v) is 2.96. The molecule has 2 heterocycles. The molecule has 0 atom stereocenters. The minimum absolute atomic E-state index is 0.188. The van der Waals surface area contributed by atoms with Gasteiger partial charge < -0.3 is 15.3 Å². The molecule has 5 heteroatoms. The molecule has 2 aromatic heterocycles. The number of fused-ring (bicyclic) bond motifs is 1. The summed E-state index contributed by atoms with van der Waals surface area (Å²) in [7, 11) is 0. The molecule has 96 valence electrons. The summed E-state index contributed by atoms with van der Waals surface area (Å²) in [5.41, 5.74) is 4.50. The van der Waals surface area contributed by atoms with E-state index in [4.69, 9.17) is 0 Å². The van der Waals surface area contributed by atoms with Crippen LogP contribution in [-0.4, -0.2) is 15.0 Å². The smallest absolute Gasteiger partial charge is 0.323 e. The van der Waals surface area contributed by atoms with Gasteiger partial charge >= 0.3 is 5.69 Å². The molecule has 0 unspecified atom stereocenters. The molecule has 0 aliphatic rings. The van der Waals surface area contributed by atoms with Gasteiger partial charge in [-0.2, -0.15) is 0 Å². The van der Waals surface area contributed by atoms with E-state index < -0.39 is 0 Å². The van der Waals surface area contributed by atoms with Gasteiger partial charge in [0.15, 0.2) is 0 Å². The summed E-state index contributed by atoms with van der Waals surface area (Å²) < 4.78 is 0. The molecule has 3 N–H and O–H groups in total. The van der Waals surface area contributed by atoms with E-state index in [1.807, 2.05) is 43.5 Å². The van der Waals surface area contributed by atoms with Crippen LogP contribution in [0.4, 0.5) is 5.69 Å². The Balaban J connectivity index is 1.77. The van der Waals surface area contributed by atoms with Crippen LogP contribution in [0.15, 0.2) is 41.3 Å². The van der Waals surface area contributed by atoms with Crippen molar-refractivity contribution < 1.29 is 0 Å². The average molecular weight is 254 g/mol. The summed E-state index contributed by atoms with van der Waals surface area (Å²) >= 11 is 0. The number of aromatic amines is 2. The number of nitrogens with zero attached hydrogens (tertiary/aromatic N) is 1. The fourth-order valence-electron chi connectivity index (χ4n) is 1.94. The van der Waals surface area contributed by atoms with Crippen LogP contribution in [0.1, 0.15) is 11.3 Å². The maximum atomic E-state index is 11.2. The van der Waals surface area contributed by atoms with E-state index in [1.165, 1.54) is 0 Å². The SMILES string of the molecule is Cc1ccc(CNc2ccc3[nH]c(=O)[nH]c3c2)nc1. The van der Waals surface area contributed by atoms with E-state index in [0.29, 0.717) is 6.54 Å².